The molecule has 1 aliphatic heterocycles. The molecule has 0 radical (unpaired) electrons. The predicted octanol–water partition coefficient (Wildman–Crippen LogP) is 1.58. The third-order valence-electron chi connectivity index (χ3n) is 2.93. The first-order valence-corrected chi connectivity index (χ1v) is 5.39. The van der Waals surface area contributed by atoms with Gasteiger partial charge >= 0.3 is 0 Å². The van der Waals surface area contributed by atoms with Crippen molar-refractivity contribution in [2.75, 3.05) is 6.54 Å². The highest BCUT2D eigenvalue weighted by Crippen LogP contribution is 2.18. The maximum absolute atomic E-state index is 12.0. The second kappa shape index (κ2) is 4.31. The Kier molecular flexibility index (Phi) is 2.86. The summed E-state index contributed by atoms with van der Waals surface area (Å²) in [5.41, 5.74) is 0.902. The number of nitrogens with zero attached hydrogens (tertiary/aromatic N) is 3. The van der Waals surface area contributed by atoms with Crippen LogP contribution < -0.4 is 0 Å². The number of likely N-dealkylation sites (tertiary alicyclic amines) is 1. The summed E-state index contributed by atoms with van der Waals surface area (Å²) >= 11 is 0. The second-order valence-electron chi connectivity index (χ2n) is 4.03. The molecule has 4 nitrogen and oxygen atoms in total. The molecule has 1 aromatic heterocycles. The molecule has 82 valence electrons. The van der Waals surface area contributed by atoms with E-state index < -0.39 is 0 Å². The van der Waals surface area contributed by atoms with E-state index in [1.54, 1.807) is 12.1 Å². The van der Waals surface area contributed by atoms with E-state index in [2.05, 4.69) is 11.9 Å². The monoisotopic (exact) mass is 215 g/mol. The number of carbonyl (C=O) groups excluding carboxylic acids is 1. The van der Waals surface area contributed by atoms with Crippen LogP contribution in [0.1, 0.15) is 35.8 Å². The molecule has 1 atom stereocenters. The first-order valence-electron chi connectivity index (χ1n) is 5.39. The van der Waals surface area contributed by atoms with Crippen LogP contribution in [0.2, 0.25) is 0 Å². The van der Waals surface area contributed by atoms with Gasteiger partial charge in [0.2, 0.25) is 0 Å². The van der Waals surface area contributed by atoms with Crippen LogP contribution in [0.4, 0.5) is 0 Å². The summed E-state index contributed by atoms with van der Waals surface area (Å²) in [4.78, 5) is 17.9. The van der Waals surface area contributed by atoms with E-state index in [0.717, 1.165) is 19.4 Å². The van der Waals surface area contributed by atoms with Crippen LogP contribution in [0, 0.1) is 11.3 Å². The Balaban J connectivity index is 2.18. The van der Waals surface area contributed by atoms with Gasteiger partial charge in [-0.25, -0.2) is 4.98 Å². The lowest BCUT2D eigenvalue weighted by atomic mass is 10.2. The molecule has 2 rings (SSSR count). The lowest BCUT2D eigenvalue weighted by Crippen LogP contribution is -2.34. The van der Waals surface area contributed by atoms with Crippen molar-refractivity contribution in [1.82, 2.24) is 9.88 Å². The van der Waals surface area contributed by atoms with Crippen molar-refractivity contribution in [2.24, 2.45) is 0 Å². The van der Waals surface area contributed by atoms with E-state index in [0.29, 0.717) is 17.3 Å². The molecule has 0 bridgehead atoms. The molecule has 2 heterocycles. The Morgan fingerprint density at radius 2 is 2.44 bits per heavy atom. The molecular weight excluding hydrogens is 202 g/mol. The summed E-state index contributed by atoms with van der Waals surface area (Å²) in [7, 11) is 0. The van der Waals surface area contributed by atoms with Gasteiger partial charge in [0, 0.05) is 18.8 Å². The molecule has 1 unspecified atom stereocenters. The molecule has 16 heavy (non-hydrogen) atoms. The van der Waals surface area contributed by atoms with Crippen LogP contribution in [-0.4, -0.2) is 28.4 Å². The van der Waals surface area contributed by atoms with Crippen molar-refractivity contribution in [1.29, 1.82) is 5.26 Å². The number of nitriles is 1. The first kappa shape index (κ1) is 10.6. The number of rotatable bonds is 1. The molecule has 0 aromatic carbocycles. The molecule has 0 spiro atoms. The van der Waals surface area contributed by atoms with Gasteiger partial charge in [0.05, 0.1) is 5.56 Å². The van der Waals surface area contributed by atoms with Crippen LogP contribution >= 0.6 is 0 Å². The maximum Gasteiger partial charge on any atom is 0.272 e. The van der Waals surface area contributed by atoms with Crippen LogP contribution in [0.15, 0.2) is 18.3 Å². The zero-order chi connectivity index (χ0) is 11.5. The smallest absolute Gasteiger partial charge is 0.272 e. The Bertz CT molecular complexity index is 433. The zero-order valence-corrected chi connectivity index (χ0v) is 9.18. The van der Waals surface area contributed by atoms with Crippen molar-refractivity contribution in [3.05, 3.63) is 29.6 Å². The van der Waals surface area contributed by atoms with Gasteiger partial charge < -0.3 is 4.90 Å². The number of hydrogen-bond donors (Lipinski definition) is 0. The van der Waals surface area contributed by atoms with Gasteiger partial charge in [-0.15, -0.1) is 0 Å². The van der Waals surface area contributed by atoms with E-state index in [1.807, 2.05) is 11.0 Å². The first-order chi connectivity index (χ1) is 7.72. The summed E-state index contributed by atoms with van der Waals surface area (Å²) in [5, 5.41) is 8.64. The lowest BCUT2D eigenvalue weighted by molar-refractivity contribution is 0.0741. The third-order valence-corrected chi connectivity index (χ3v) is 2.93. The lowest BCUT2D eigenvalue weighted by Gasteiger charge is -2.20. The summed E-state index contributed by atoms with van der Waals surface area (Å²) in [5.74, 6) is -0.0329. The highest BCUT2D eigenvalue weighted by molar-refractivity contribution is 5.92. The second-order valence-corrected chi connectivity index (χ2v) is 4.03. The molecule has 0 saturated carbocycles. The molecule has 1 saturated heterocycles. The fourth-order valence-corrected chi connectivity index (χ4v) is 1.97. The molecule has 0 aliphatic carbocycles. The predicted molar refractivity (Wildman–Crippen MR) is 58.7 cm³/mol. The number of pyridine rings is 1. The number of hydrogen-bond acceptors (Lipinski definition) is 3. The van der Waals surface area contributed by atoms with Crippen LogP contribution in [-0.2, 0) is 0 Å². The van der Waals surface area contributed by atoms with Crippen molar-refractivity contribution >= 4 is 5.91 Å². The fraction of sp³-hybridized carbons (Fsp3) is 0.417. The standard InChI is InChI=1S/C12H13N3O/c1-9-3-2-6-15(9)12(16)11-5-4-10(7-13)8-14-11/h4-5,8-9H,2-3,6H2,1H3. The van der Waals surface area contributed by atoms with E-state index in [4.69, 9.17) is 5.26 Å². The van der Waals surface area contributed by atoms with Gasteiger partial charge in [0.15, 0.2) is 0 Å². The van der Waals surface area contributed by atoms with Crippen LogP contribution in [0.5, 0.6) is 0 Å². The Morgan fingerprint density at radius 3 is 2.94 bits per heavy atom. The van der Waals surface area contributed by atoms with E-state index >= 15 is 0 Å². The average Bonchev–Trinajstić information content (AvgIpc) is 2.75. The average molecular weight is 215 g/mol. The molecule has 1 amide bonds. The van der Waals surface area contributed by atoms with Gasteiger partial charge in [-0.1, -0.05) is 0 Å². The minimum absolute atomic E-state index is 0.0329. The summed E-state index contributed by atoms with van der Waals surface area (Å²) in [6.07, 6.45) is 3.55. The number of amides is 1. The Morgan fingerprint density at radius 1 is 1.62 bits per heavy atom. The van der Waals surface area contributed by atoms with E-state index in [9.17, 15) is 4.79 Å². The van der Waals surface area contributed by atoms with Gasteiger partial charge in [-0.2, -0.15) is 5.26 Å². The van der Waals surface area contributed by atoms with Crippen LogP contribution in [0.25, 0.3) is 0 Å². The van der Waals surface area contributed by atoms with Crippen LogP contribution in [0.3, 0.4) is 0 Å². The van der Waals surface area contributed by atoms with Gasteiger partial charge in [-0.3, -0.25) is 4.79 Å². The summed E-state index contributed by atoms with van der Waals surface area (Å²) < 4.78 is 0. The molecule has 1 aliphatic rings. The highest BCUT2D eigenvalue weighted by atomic mass is 16.2. The largest absolute Gasteiger partial charge is 0.335 e. The summed E-state index contributed by atoms with van der Waals surface area (Å²) in [6.45, 7) is 2.86. The highest BCUT2D eigenvalue weighted by Gasteiger charge is 2.26. The minimum Gasteiger partial charge on any atom is -0.335 e. The Labute approximate surface area is 94.5 Å². The SMILES string of the molecule is CC1CCCN1C(=O)c1ccc(C#N)cn1. The number of aromatic nitrogens is 1. The zero-order valence-electron chi connectivity index (χ0n) is 9.18. The maximum atomic E-state index is 12.0. The van der Waals surface area contributed by atoms with Gasteiger partial charge in [0.25, 0.3) is 5.91 Å². The van der Waals surface area contributed by atoms with Crippen molar-refractivity contribution in [3.63, 3.8) is 0 Å². The topological polar surface area (TPSA) is 57.0 Å². The van der Waals surface area contributed by atoms with Gasteiger partial charge in [-0.05, 0) is 31.9 Å². The molecule has 4 heteroatoms. The minimum atomic E-state index is -0.0329. The van der Waals surface area contributed by atoms with Crippen molar-refractivity contribution in [3.8, 4) is 6.07 Å². The molecule has 1 aromatic rings. The molecular formula is C12H13N3O. The Hall–Kier alpha value is -1.89. The van der Waals surface area contributed by atoms with E-state index in [-0.39, 0.29) is 5.91 Å². The van der Waals surface area contributed by atoms with Crippen molar-refractivity contribution < 1.29 is 4.79 Å². The number of carbonyl (C=O) groups is 1. The van der Waals surface area contributed by atoms with Crippen molar-refractivity contribution in [2.45, 2.75) is 25.8 Å². The third kappa shape index (κ3) is 1.89. The fourth-order valence-electron chi connectivity index (χ4n) is 1.97. The molecule has 0 N–H and O–H groups in total. The van der Waals surface area contributed by atoms with E-state index in [1.165, 1.54) is 6.20 Å². The van der Waals surface area contributed by atoms with Gasteiger partial charge in [0.1, 0.15) is 11.8 Å². The molecule has 1 fully saturated rings. The normalized spacial score (nSPS) is 19.5. The summed E-state index contributed by atoms with van der Waals surface area (Å²) in [6, 6.07) is 5.52. The quantitative estimate of drug-likeness (QED) is 0.714.